The molecule has 0 aliphatic rings. The molecule has 0 spiro atoms. The highest BCUT2D eigenvalue weighted by Gasteiger charge is 1.62. The molecular formula is C6H9O3-. The predicted molar refractivity (Wildman–Crippen MR) is 31.6 cm³/mol. The average Bonchev–Trinajstić information content (AvgIpc) is 1.65. The summed E-state index contributed by atoms with van der Waals surface area (Å²) in [7, 11) is 0. The number of rotatable bonds is 1. The van der Waals surface area contributed by atoms with Crippen LogP contribution in [0.4, 0.5) is 0 Å². The Balaban J connectivity index is 0. The molecule has 0 N–H and O–H groups in total. The molecule has 0 aromatic carbocycles. The quantitative estimate of drug-likeness (QED) is 0.449. The van der Waals surface area contributed by atoms with Crippen molar-refractivity contribution in [3.63, 3.8) is 0 Å². The maximum atomic E-state index is 9.44. The van der Waals surface area contributed by atoms with Gasteiger partial charge < -0.3 is 14.7 Å². The van der Waals surface area contributed by atoms with E-state index in [2.05, 4.69) is 6.58 Å². The zero-order valence-electron chi connectivity index (χ0n) is 5.51. The van der Waals surface area contributed by atoms with Crippen molar-refractivity contribution in [3.8, 4) is 0 Å². The normalized spacial score (nSPS) is 6.44. The summed E-state index contributed by atoms with van der Waals surface area (Å²) in [5, 5.41) is 9.14. The van der Waals surface area contributed by atoms with Gasteiger partial charge in [0, 0.05) is 0 Å². The number of hydrogen-bond donors (Lipinski definition) is 0. The third-order valence-electron chi connectivity index (χ3n) is 0.167. The molecule has 0 heterocycles. The lowest BCUT2D eigenvalue weighted by Crippen LogP contribution is -2.17. The van der Waals surface area contributed by atoms with Gasteiger partial charge in [0.05, 0.1) is 5.97 Å². The zero-order valence-corrected chi connectivity index (χ0v) is 5.51. The molecule has 0 amide bonds. The molecule has 0 radical (unpaired) electrons. The van der Waals surface area contributed by atoms with Gasteiger partial charge in [-0.05, 0) is 19.9 Å². The highest BCUT2D eigenvalue weighted by Crippen LogP contribution is 1.50. The van der Waals surface area contributed by atoms with E-state index in [0.717, 1.165) is 6.08 Å². The molecule has 0 aromatic rings. The van der Waals surface area contributed by atoms with Crippen LogP contribution in [0.2, 0.25) is 0 Å². The molecule has 52 valence electrons. The Labute approximate surface area is 54.0 Å². The van der Waals surface area contributed by atoms with Gasteiger partial charge in [-0.15, -0.1) is 0 Å². The van der Waals surface area contributed by atoms with E-state index in [1.807, 2.05) is 0 Å². The minimum atomic E-state index is -1.23. The standard InChI is InChI=1S/C3H4O2.C3H6O/c1-2-3(4)5;1-3(2)4/h2H,1H2,(H,4,5);1-2H3/p-1. The third-order valence-corrected chi connectivity index (χ3v) is 0.167. The average molecular weight is 129 g/mol. The van der Waals surface area contributed by atoms with E-state index in [4.69, 9.17) is 9.90 Å². The number of ketones is 1. The fourth-order valence-electron chi connectivity index (χ4n) is 0. The molecule has 0 saturated carbocycles. The first-order chi connectivity index (χ1) is 4.00. The van der Waals surface area contributed by atoms with E-state index in [1.54, 1.807) is 0 Å². The second kappa shape index (κ2) is 6.88. The van der Waals surface area contributed by atoms with E-state index >= 15 is 0 Å². The van der Waals surface area contributed by atoms with E-state index in [-0.39, 0.29) is 5.78 Å². The lowest BCUT2D eigenvalue weighted by atomic mass is 10.6. The topological polar surface area (TPSA) is 57.2 Å². The molecule has 0 aliphatic heterocycles. The van der Waals surface area contributed by atoms with Crippen molar-refractivity contribution in [2.75, 3.05) is 0 Å². The van der Waals surface area contributed by atoms with Crippen molar-refractivity contribution in [1.29, 1.82) is 0 Å². The molecule has 0 unspecified atom stereocenters. The molecule has 9 heavy (non-hydrogen) atoms. The first-order valence-corrected chi connectivity index (χ1v) is 2.31. The Morgan fingerprint density at radius 3 is 1.56 bits per heavy atom. The van der Waals surface area contributed by atoms with E-state index in [9.17, 15) is 4.79 Å². The van der Waals surface area contributed by atoms with Crippen molar-refractivity contribution in [1.82, 2.24) is 0 Å². The first kappa shape index (κ1) is 10.8. The minimum absolute atomic E-state index is 0.167. The van der Waals surface area contributed by atoms with Crippen LogP contribution in [0.25, 0.3) is 0 Å². The van der Waals surface area contributed by atoms with Gasteiger partial charge in [0.2, 0.25) is 0 Å². The Kier molecular flexibility index (Phi) is 8.25. The van der Waals surface area contributed by atoms with Gasteiger partial charge in [0.1, 0.15) is 5.78 Å². The summed E-state index contributed by atoms with van der Waals surface area (Å²) >= 11 is 0. The number of carboxylic acids is 1. The first-order valence-electron chi connectivity index (χ1n) is 2.31. The van der Waals surface area contributed by atoms with Crippen molar-refractivity contribution in [2.45, 2.75) is 13.8 Å². The van der Waals surface area contributed by atoms with Crippen LogP contribution in [0, 0.1) is 0 Å². The number of Topliss-reactive ketones (excluding diaryl/α,β-unsaturated/α-hetero) is 1. The van der Waals surface area contributed by atoms with Gasteiger partial charge in [0.15, 0.2) is 0 Å². The van der Waals surface area contributed by atoms with Crippen LogP contribution in [-0.2, 0) is 9.59 Å². The molecule has 0 rings (SSSR count). The second-order valence-electron chi connectivity index (χ2n) is 1.43. The van der Waals surface area contributed by atoms with Crippen molar-refractivity contribution >= 4 is 11.8 Å². The summed E-state index contributed by atoms with van der Waals surface area (Å²) in [5.74, 6) is -1.06. The van der Waals surface area contributed by atoms with Gasteiger partial charge >= 0.3 is 0 Å². The summed E-state index contributed by atoms with van der Waals surface area (Å²) in [5.41, 5.74) is 0. The van der Waals surface area contributed by atoms with Crippen LogP contribution in [0.1, 0.15) is 13.8 Å². The molecule has 0 saturated heterocycles. The summed E-state index contributed by atoms with van der Waals surface area (Å²) in [6.07, 6.45) is 0.722. The highest BCUT2D eigenvalue weighted by atomic mass is 16.4. The molecular weight excluding hydrogens is 120 g/mol. The molecule has 0 aromatic heterocycles. The Hall–Kier alpha value is -1.12. The Morgan fingerprint density at radius 2 is 1.56 bits per heavy atom. The lowest BCUT2D eigenvalue weighted by molar-refractivity contribution is -0.297. The Morgan fingerprint density at radius 1 is 1.44 bits per heavy atom. The smallest absolute Gasteiger partial charge is 0.126 e. The summed E-state index contributed by atoms with van der Waals surface area (Å²) in [4.78, 5) is 18.6. The van der Waals surface area contributed by atoms with Crippen LogP contribution < -0.4 is 5.11 Å². The van der Waals surface area contributed by atoms with Gasteiger partial charge in [-0.3, -0.25) is 0 Å². The molecule has 0 atom stereocenters. The van der Waals surface area contributed by atoms with Gasteiger partial charge in [-0.2, -0.15) is 0 Å². The van der Waals surface area contributed by atoms with Crippen molar-refractivity contribution in [2.24, 2.45) is 0 Å². The van der Waals surface area contributed by atoms with Crippen LogP contribution in [-0.4, -0.2) is 11.8 Å². The minimum Gasteiger partial charge on any atom is -0.545 e. The van der Waals surface area contributed by atoms with Crippen LogP contribution in [0.5, 0.6) is 0 Å². The van der Waals surface area contributed by atoms with Crippen LogP contribution in [0.15, 0.2) is 12.7 Å². The van der Waals surface area contributed by atoms with E-state index in [1.165, 1.54) is 13.8 Å². The largest absolute Gasteiger partial charge is 0.545 e. The van der Waals surface area contributed by atoms with Gasteiger partial charge in [0.25, 0.3) is 0 Å². The van der Waals surface area contributed by atoms with Crippen molar-refractivity contribution in [3.05, 3.63) is 12.7 Å². The summed E-state index contributed by atoms with van der Waals surface area (Å²) in [6, 6.07) is 0. The highest BCUT2D eigenvalue weighted by molar-refractivity contribution is 5.76. The molecule has 0 aliphatic carbocycles. The summed E-state index contributed by atoms with van der Waals surface area (Å²) < 4.78 is 0. The number of carbonyl (C=O) groups excluding carboxylic acids is 2. The van der Waals surface area contributed by atoms with Crippen LogP contribution in [0.3, 0.4) is 0 Å². The second-order valence-corrected chi connectivity index (χ2v) is 1.43. The van der Waals surface area contributed by atoms with E-state index in [0.29, 0.717) is 0 Å². The molecule has 3 nitrogen and oxygen atoms in total. The number of hydrogen-bond acceptors (Lipinski definition) is 3. The number of carboxylic acid groups (broad SMARTS) is 1. The number of carbonyl (C=O) groups is 2. The SMILES string of the molecule is C=CC(=O)[O-].CC(C)=O. The maximum absolute atomic E-state index is 9.44. The van der Waals surface area contributed by atoms with Crippen molar-refractivity contribution < 1.29 is 14.7 Å². The number of aliphatic carboxylic acids is 1. The van der Waals surface area contributed by atoms with Crippen LogP contribution >= 0.6 is 0 Å². The third kappa shape index (κ3) is 212. The van der Waals surface area contributed by atoms with E-state index < -0.39 is 5.97 Å². The molecule has 3 heteroatoms. The maximum Gasteiger partial charge on any atom is 0.126 e. The fourth-order valence-corrected chi connectivity index (χ4v) is 0. The predicted octanol–water partition coefficient (Wildman–Crippen LogP) is -0.482. The monoisotopic (exact) mass is 129 g/mol. The fraction of sp³-hybridized carbons (Fsp3) is 0.333. The zero-order chi connectivity index (χ0) is 7.86. The van der Waals surface area contributed by atoms with Gasteiger partial charge in [-0.25, -0.2) is 0 Å². The molecule has 0 fully saturated rings. The van der Waals surface area contributed by atoms with Gasteiger partial charge in [-0.1, -0.05) is 6.58 Å². The Bertz CT molecular complexity index is 111. The summed E-state index contributed by atoms with van der Waals surface area (Å²) in [6.45, 7) is 5.95. The lowest BCUT2D eigenvalue weighted by Gasteiger charge is -1.81. The molecule has 0 bridgehead atoms.